The number of carbonyl (C=O) groups is 1. The zero-order valence-electron chi connectivity index (χ0n) is 11.8. The SMILES string of the molecule is CCCOc1cccc(CNCCOC(=O)CC)c1. The van der Waals surface area contributed by atoms with E-state index in [4.69, 9.17) is 9.47 Å². The molecule has 1 aromatic rings. The van der Waals surface area contributed by atoms with Crippen molar-refractivity contribution in [2.24, 2.45) is 0 Å². The summed E-state index contributed by atoms with van der Waals surface area (Å²) in [5.74, 6) is 0.746. The minimum atomic E-state index is -0.156. The molecule has 0 aliphatic carbocycles. The molecule has 0 atom stereocenters. The molecule has 0 unspecified atom stereocenters. The van der Waals surface area contributed by atoms with Gasteiger partial charge in [-0.15, -0.1) is 0 Å². The standard InChI is InChI=1S/C15H23NO3/c1-3-9-18-14-7-5-6-13(11-14)12-16-8-10-19-15(17)4-2/h5-7,11,16H,3-4,8-10,12H2,1-2H3. The van der Waals surface area contributed by atoms with Gasteiger partial charge in [0.15, 0.2) is 0 Å². The zero-order chi connectivity index (χ0) is 13.9. The summed E-state index contributed by atoms with van der Waals surface area (Å²) in [6.07, 6.45) is 1.43. The van der Waals surface area contributed by atoms with E-state index in [1.807, 2.05) is 24.3 Å². The van der Waals surface area contributed by atoms with Crippen LogP contribution in [0.2, 0.25) is 0 Å². The number of ether oxygens (including phenoxy) is 2. The van der Waals surface area contributed by atoms with Gasteiger partial charge in [-0.25, -0.2) is 0 Å². The van der Waals surface area contributed by atoms with Crippen molar-refractivity contribution in [3.63, 3.8) is 0 Å². The highest BCUT2D eigenvalue weighted by atomic mass is 16.5. The Morgan fingerprint density at radius 2 is 2.11 bits per heavy atom. The molecule has 0 fully saturated rings. The summed E-state index contributed by atoms with van der Waals surface area (Å²) < 4.78 is 10.6. The second-order valence-corrected chi connectivity index (χ2v) is 4.25. The van der Waals surface area contributed by atoms with Crippen LogP contribution >= 0.6 is 0 Å². The van der Waals surface area contributed by atoms with Gasteiger partial charge in [0.25, 0.3) is 0 Å². The highest BCUT2D eigenvalue weighted by Gasteiger charge is 1.99. The van der Waals surface area contributed by atoms with Crippen molar-refractivity contribution >= 4 is 5.97 Å². The first-order valence-electron chi connectivity index (χ1n) is 6.84. The van der Waals surface area contributed by atoms with Crippen molar-refractivity contribution in [3.05, 3.63) is 29.8 Å². The van der Waals surface area contributed by atoms with E-state index < -0.39 is 0 Å². The van der Waals surface area contributed by atoms with E-state index in [1.165, 1.54) is 0 Å². The third-order valence-electron chi connectivity index (χ3n) is 2.53. The molecule has 0 heterocycles. The van der Waals surface area contributed by atoms with Gasteiger partial charge in [-0.1, -0.05) is 26.0 Å². The van der Waals surface area contributed by atoms with Crippen LogP contribution in [0.25, 0.3) is 0 Å². The summed E-state index contributed by atoms with van der Waals surface area (Å²) in [7, 11) is 0. The molecule has 0 aromatic heterocycles. The molecule has 0 saturated heterocycles. The second-order valence-electron chi connectivity index (χ2n) is 4.25. The van der Waals surface area contributed by atoms with Gasteiger partial charge in [0.1, 0.15) is 12.4 Å². The second kappa shape index (κ2) is 9.39. The lowest BCUT2D eigenvalue weighted by Gasteiger charge is -2.08. The summed E-state index contributed by atoms with van der Waals surface area (Å²) in [5, 5.41) is 3.23. The van der Waals surface area contributed by atoms with E-state index in [1.54, 1.807) is 6.92 Å². The lowest BCUT2D eigenvalue weighted by Crippen LogP contribution is -2.20. The predicted molar refractivity (Wildman–Crippen MR) is 75.2 cm³/mol. The maximum absolute atomic E-state index is 10.9. The first-order valence-corrected chi connectivity index (χ1v) is 6.84. The summed E-state index contributed by atoms with van der Waals surface area (Å²) in [6, 6.07) is 8.02. The van der Waals surface area contributed by atoms with E-state index in [0.29, 0.717) is 19.6 Å². The highest BCUT2D eigenvalue weighted by molar-refractivity contribution is 5.68. The van der Waals surface area contributed by atoms with E-state index in [2.05, 4.69) is 12.2 Å². The van der Waals surface area contributed by atoms with Gasteiger partial charge in [-0.3, -0.25) is 4.79 Å². The molecule has 0 amide bonds. The first kappa shape index (κ1) is 15.5. The van der Waals surface area contributed by atoms with Crippen molar-refractivity contribution in [2.75, 3.05) is 19.8 Å². The molecule has 106 valence electrons. The maximum Gasteiger partial charge on any atom is 0.305 e. The van der Waals surface area contributed by atoms with Crippen LogP contribution in [0.3, 0.4) is 0 Å². The van der Waals surface area contributed by atoms with Gasteiger partial charge in [0.2, 0.25) is 0 Å². The van der Waals surface area contributed by atoms with E-state index >= 15 is 0 Å². The largest absolute Gasteiger partial charge is 0.494 e. The van der Waals surface area contributed by atoms with Gasteiger partial charge in [-0.05, 0) is 24.1 Å². The molecule has 0 radical (unpaired) electrons. The summed E-state index contributed by atoms with van der Waals surface area (Å²) in [5.41, 5.74) is 1.16. The number of nitrogens with one attached hydrogen (secondary N) is 1. The molecule has 4 nitrogen and oxygen atoms in total. The molecule has 0 saturated carbocycles. The molecule has 0 bridgehead atoms. The van der Waals surface area contributed by atoms with Gasteiger partial charge in [-0.2, -0.15) is 0 Å². The average molecular weight is 265 g/mol. The normalized spacial score (nSPS) is 10.2. The van der Waals surface area contributed by atoms with Crippen LogP contribution in [-0.2, 0) is 16.1 Å². The molecule has 0 spiro atoms. The third-order valence-corrected chi connectivity index (χ3v) is 2.53. The average Bonchev–Trinajstić information content (AvgIpc) is 2.45. The van der Waals surface area contributed by atoms with Crippen LogP contribution in [0.1, 0.15) is 32.3 Å². The molecule has 19 heavy (non-hydrogen) atoms. The Labute approximate surface area is 115 Å². The molecular weight excluding hydrogens is 242 g/mol. The van der Waals surface area contributed by atoms with Crippen molar-refractivity contribution in [1.82, 2.24) is 5.32 Å². The predicted octanol–water partition coefficient (Wildman–Crippen LogP) is 2.52. The van der Waals surface area contributed by atoms with Crippen molar-refractivity contribution < 1.29 is 14.3 Å². The fourth-order valence-electron chi connectivity index (χ4n) is 1.54. The van der Waals surface area contributed by atoms with Crippen molar-refractivity contribution in [3.8, 4) is 5.75 Å². The van der Waals surface area contributed by atoms with Gasteiger partial charge in [0.05, 0.1) is 6.61 Å². The van der Waals surface area contributed by atoms with Crippen LogP contribution in [-0.4, -0.2) is 25.7 Å². The van der Waals surface area contributed by atoms with Crippen LogP contribution in [0, 0.1) is 0 Å². The van der Waals surface area contributed by atoms with Crippen LogP contribution in [0.5, 0.6) is 5.75 Å². The highest BCUT2D eigenvalue weighted by Crippen LogP contribution is 2.13. The minimum Gasteiger partial charge on any atom is -0.494 e. The Hall–Kier alpha value is -1.55. The molecule has 4 heteroatoms. The fraction of sp³-hybridized carbons (Fsp3) is 0.533. The first-order chi connectivity index (χ1) is 9.26. The van der Waals surface area contributed by atoms with Crippen LogP contribution < -0.4 is 10.1 Å². The van der Waals surface area contributed by atoms with Crippen molar-refractivity contribution in [2.45, 2.75) is 33.2 Å². The topological polar surface area (TPSA) is 47.6 Å². The Morgan fingerprint density at radius 1 is 1.26 bits per heavy atom. The van der Waals surface area contributed by atoms with E-state index in [-0.39, 0.29) is 5.97 Å². The smallest absolute Gasteiger partial charge is 0.305 e. The maximum atomic E-state index is 10.9. The quantitative estimate of drug-likeness (QED) is 0.550. The van der Waals surface area contributed by atoms with Gasteiger partial charge >= 0.3 is 5.97 Å². The Kier molecular flexibility index (Phi) is 7.66. The van der Waals surface area contributed by atoms with E-state index in [0.717, 1.165) is 30.9 Å². The molecule has 0 aliphatic rings. The minimum absolute atomic E-state index is 0.156. The number of hydrogen-bond acceptors (Lipinski definition) is 4. The summed E-state index contributed by atoms with van der Waals surface area (Å²) in [6.45, 7) is 6.43. The molecular formula is C15H23NO3. The lowest BCUT2D eigenvalue weighted by atomic mass is 10.2. The fourth-order valence-corrected chi connectivity index (χ4v) is 1.54. The number of esters is 1. The lowest BCUT2D eigenvalue weighted by molar-refractivity contribution is -0.143. The van der Waals surface area contributed by atoms with Crippen LogP contribution in [0.15, 0.2) is 24.3 Å². The number of benzene rings is 1. The molecule has 1 rings (SSSR count). The molecule has 1 aromatic carbocycles. The third kappa shape index (κ3) is 6.82. The molecule has 1 N–H and O–H groups in total. The zero-order valence-corrected chi connectivity index (χ0v) is 11.8. The Bertz CT molecular complexity index is 379. The van der Waals surface area contributed by atoms with Crippen molar-refractivity contribution in [1.29, 1.82) is 0 Å². The number of carbonyl (C=O) groups excluding carboxylic acids is 1. The van der Waals surface area contributed by atoms with Gasteiger partial charge in [0, 0.05) is 19.5 Å². The molecule has 0 aliphatic heterocycles. The Morgan fingerprint density at radius 3 is 2.84 bits per heavy atom. The number of hydrogen-bond donors (Lipinski definition) is 1. The van der Waals surface area contributed by atoms with Gasteiger partial charge < -0.3 is 14.8 Å². The Balaban J connectivity index is 2.23. The van der Waals surface area contributed by atoms with E-state index in [9.17, 15) is 4.79 Å². The van der Waals surface area contributed by atoms with Crippen LogP contribution in [0.4, 0.5) is 0 Å². The number of rotatable bonds is 9. The summed E-state index contributed by atoms with van der Waals surface area (Å²) in [4.78, 5) is 10.9. The summed E-state index contributed by atoms with van der Waals surface area (Å²) >= 11 is 0. The monoisotopic (exact) mass is 265 g/mol.